The van der Waals surface area contributed by atoms with Crippen molar-refractivity contribution in [3.63, 3.8) is 0 Å². The van der Waals surface area contributed by atoms with Crippen molar-refractivity contribution in [1.82, 2.24) is 9.97 Å². The molecule has 0 N–H and O–H groups in total. The monoisotopic (exact) mass is 388 g/mol. The van der Waals surface area contributed by atoms with Crippen molar-refractivity contribution in [3.8, 4) is 28.3 Å². The Morgan fingerprint density at radius 2 is 1.41 bits per heavy atom. The molecule has 1 atom stereocenters. The molecular weight excluding hydrogens is 356 g/mol. The van der Waals surface area contributed by atoms with Crippen molar-refractivity contribution < 1.29 is 4.74 Å². The number of hydrogen-bond donors (Lipinski definition) is 0. The van der Waals surface area contributed by atoms with Crippen LogP contribution in [-0.4, -0.2) is 16.6 Å². The summed E-state index contributed by atoms with van der Waals surface area (Å²) >= 11 is 0. The maximum Gasteiger partial charge on any atom is 0.159 e. The molecule has 3 rings (SSSR count). The van der Waals surface area contributed by atoms with Gasteiger partial charge in [0.1, 0.15) is 0 Å². The molecule has 0 saturated carbocycles. The molecule has 0 fully saturated rings. The molecule has 0 aliphatic rings. The third-order valence-corrected chi connectivity index (χ3v) is 5.40. The molecule has 2 aromatic carbocycles. The van der Waals surface area contributed by atoms with Crippen LogP contribution in [0.25, 0.3) is 22.5 Å². The van der Waals surface area contributed by atoms with Crippen LogP contribution in [0.3, 0.4) is 0 Å². The van der Waals surface area contributed by atoms with Crippen molar-refractivity contribution in [2.45, 2.75) is 52.9 Å². The van der Waals surface area contributed by atoms with Crippen LogP contribution in [0, 0.1) is 5.92 Å². The second-order valence-electron chi connectivity index (χ2n) is 7.77. The summed E-state index contributed by atoms with van der Waals surface area (Å²) < 4.78 is 5.77. The topological polar surface area (TPSA) is 35.0 Å². The van der Waals surface area contributed by atoms with Gasteiger partial charge in [0.2, 0.25) is 0 Å². The number of ether oxygens (including phenoxy) is 1. The van der Waals surface area contributed by atoms with Gasteiger partial charge in [-0.05, 0) is 41.9 Å². The number of aryl methyl sites for hydroxylation is 1. The van der Waals surface area contributed by atoms with Gasteiger partial charge in [-0.1, -0.05) is 82.1 Å². The van der Waals surface area contributed by atoms with Gasteiger partial charge in [0.15, 0.2) is 11.6 Å². The summed E-state index contributed by atoms with van der Waals surface area (Å²) in [6, 6.07) is 17.3. The molecule has 0 spiro atoms. The van der Waals surface area contributed by atoms with E-state index in [1.165, 1.54) is 36.0 Å². The minimum Gasteiger partial charge on any atom is -0.490 e. The summed E-state index contributed by atoms with van der Waals surface area (Å²) in [5.41, 5.74) is 4.85. The van der Waals surface area contributed by atoms with E-state index in [-0.39, 0.29) is 0 Å². The van der Waals surface area contributed by atoms with Gasteiger partial charge in [-0.3, -0.25) is 0 Å². The largest absolute Gasteiger partial charge is 0.490 e. The second kappa shape index (κ2) is 10.8. The van der Waals surface area contributed by atoms with Gasteiger partial charge in [0.25, 0.3) is 0 Å². The van der Waals surface area contributed by atoms with Crippen LogP contribution in [0.2, 0.25) is 0 Å². The number of hydrogen-bond acceptors (Lipinski definition) is 3. The molecule has 0 aliphatic heterocycles. The molecule has 3 heteroatoms. The van der Waals surface area contributed by atoms with E-state index in [1.54, 1.807) is 12.4 Å². The maximum atomic E-state index is 5.77. The molecule has 0 radical (unpaired) electrons. The molecule has 3 aromatic rings. The predicted octanol–water partition coefficient (Wildman–Crippen LogP) is 6.97. The zero-order valence-corrected chi connectivity index (χ0v) is 17.9. The van der Waals surface area contributed by atoms with Crippen LogP contribution in [0.1, 0.15) is 52.0 Å². The Labute approximate surface area is 175 Å². The molecule has 0 saturated heterocycles. The molecule has 1 heterocycles. The molecule has 29 heavy (non-hydrogen) atoms. The average molecular weight is 389 g/mol. The summed E-state index contributed by atoms with van der Waals surface area (Å²) in [4.78, 5) is 8.95. The number of rotatable bonds is 10. The van der Waals surface area contributed by atoms with Crippen molar-refractivity contribution in [3.05, 3.63) is 66.5 Å². The van der Waals surface area contributed by atoms with E-state index >= 15 is 0 Å². The Hall–Kier alpha value is -2.68. The lowest BCUT2D eigenvalue weighted by molar-refractivity contribution is 0.292. The molecule has 1 aromatic heterocycles. The number of nitrogens with zero attached hydrogens (tertiary/aromatic N) is 2. The molecule has 3 nitrogen and oxygen atoms in total. The highest BCUT2D eigenvalue weighted by Gasteiger charge is 2.05. The summed E-state index contributed by atoms with van der Waals surface area (Å²) in [7, 11) is 0. The lowest BCUT2D eigenvalue weighted by Gasteiger charge is -2.09. The number of benzene rings is 2. The van der Waals surface area contributed by atoms with E-state index in [2.05, 4.69) is 79.3 Å². The van der Waals surface area contributed by atoms with Crippen LogP contribution in [0.5, 0.6) is 5.75 Å². The van der Waals surface area contributed by atoms with Gasteiger partial charge in [0.05, 0.1) is 19.0 Å². The first kappa shape index (κ1) is 21.0. The molecule has 0 aliphatic carbocycles. The summed E-state index contributed by atoms with van der Waals surface area (Å²) in [6.45, 7) is 7.44. The van der Waals surface area contributed by atoms with Crippen LogP contribution in [0.4, 0.5) is 0 Å². The van der Waals surface area contributed by atoms with E-state index in [0.717, 1.165) is 42.5 Å². The highest BCUT2D eigenvalue weighted by atomic mass is 16.5. The highest BCUT2D eigenvalue weighted by Crippen LogP contribution is 2.24. The van der Waals surface area contributed by atoms with Crippen LogP contribution < -0.4 is 4.74 Å². The van der Waals surface area contributed by atoms with E-state index in [4.69, 9.17) is 4.74 Å². The Balaban J connectivity index is 1.58. The maximum absolute atomic E-state index is 5.77. The molecule has 152 valence electrons. The fraction of sp³-hybridized carbons (Fsp3) is 0.385. The standard InChI is InChI=1S/C26H32N2O/c1-4-7-21-9-11-22(12-10-21)23-13-15-24(16-14-23)26-27-18-25(19-28-26)29-17-6-8-20(3)5-2/h9-16,18-20H,4-8,17H2,1-3H3/t20-/m0/s1. The highest BCUT2D eigenvalue weighted by molar-refractivity contribution is 5.67. The minimum atomic E-state index is 0.721. The Morgan fingerprint density at radius 3 is 2.00 bits per heavy atom. The van der Waals surface area contributed by atoms with Crippen LogP contribution >= 0.6 is 0 Å². The van der Waals surface area contributed by atoms with Crippen LogP contribution in [0.15, 0.2) is 60.9 Å². The van der Waals surface area contributed by atoms with E-state index in [1.807, 2.05) is 0 Å². The molecule has 0 bridgehead atoms. The first-order chi connectivity index (χ1) is 14.2. The van der Waals surface area contributed by atoms with Crippen molar-refractivity contribution in [2.24, 2.45) is 5.92 Å². The summed E-state index contributed by atoms with van der Waals surface area (Å²) in [5, 5.41) is 0. The van der Waals surface area contributed by atoms with Gasteiger partial charge < -0.3 is 4.74 Å². The normalized spacial score (nSPS) is 12.0. The fourth-order valence-corrected chi connectivity index (χ4v) is 3.33. The molecule has 0 unspecified atom stereocenters. The first-order valence-corrected chi connectivity index (χ1v) is 10.8. The molecular formula is C26H32N2O. The predicted molar refractivity (Wildman–Crippen MR) is 121 cm³/mol. The second-order valence-corrected chi connectivity index (χ2v) is 7.77. The Bertz CT molecular complexity index is 855. The van der Waals surface area contributed by atoms with Gasteiger partial charge in [-0.15, -0.1) is 0 Å². The van der Waals surface area contributed by atoms with Gasteiger partial charge >= 0.3 is 0 Å². The lowest BCUT2D eigenvalue weighted by Crippen LogP contribution is -2.01. The van der Waals surface area contributed by atoms with E-state index < -0.39 is 0 Å². The average Bonchev–Trinajstić information content (AvgIpc) is 2.78. The molecule has 0 amide bonds. The zero-order chi connectivity index (χ0) is 20.5. The first-order valence-electron chi connectivity index (χ1n) is 10.8. The minimum absolute atomic E-state index is 0.721. The number of aromatic nitrogens is 2. The van der Waals surface area contributed by atoms with Crippen molar-refractivity contribution >= 4 is 0 Å². The summed E-state index contributed by atoms with van der Waals surface area (Å²) in [6.07, 6.45) is 9.34. The Kier molecular flexibility index (Phi) is 7.80. The lowest BCUT2D eigenvalue weighted by atomic mass is 10.0. The van der Waals surface area contributed by atoms with Gasteiger partial charge in [0, 0.05) is 5.56 Å². The third-order valence-electron chi connectivity index (χ3n) is 5.40. The third kappa shape index (κ3) is 6.15. The quantitative estimate of drug-likeness (QED) is 0.352. The van der Waals surface area contributed by atoms with Crippen molar-refractivity contribution in [2.75, 3.05) is 6.61 Å². The van der Waals surface area contributed by atoms with E-state index in [0.29, 0.717) is 0 Å². The van der Waals surface area contributed by atoms with E-state index in [9.17, 15) is 0 Å². The van der Waals surface area contributed by atoms with Crippen molar-refractivity contribution in [1.29, 1.82) is 0 Å². The van der Waals surface area contributed by atoms with Gasteiger partial charge in [-0.25, -0.2) is 9.97 Å². The zero-order valence-electron chi connectivity index (χ0n) is 17.9. The fourth-order valence-electron chi connectivity index (χ4n) is 3.33. The Morgan fingerprint density at radius 1 is 0.828 bits per heavy atom. The SMILES string of the molecule is CCCc1ccc(-c2ccc(-c3ncc(OCCC[C@@H](C)CC)cn3)cc2)cc1. The summed E-state index contributed by atoms with van der Waals surface area (Å²) in [5.74, 6) is 2.22. The smallest absolute Gasteiger partial charge is 0.159 e. The van der Waals surface area contributed by atoms with Gasteiger partial charge in [-0.2, -0.15) is 0 Å². The van der Waals surface area contributed by atoms with Crippen LogP contribution in [-0.2, 0) is 6.42 Å².